The molecule has 9 nitrogen and oxygen atoms in total. The number of pyridine rings is 1. The first kappa shape index (κ1) is 29.6. The summed E-state index contributed by atoms with van der Waals surface area (Å²) in [5.41, 5.74) is 2.16. The highest BCUT2D eigenvalue weighted by Gasteiger charge is 2.38. The van der Waals surface area contributed by atoms with Gasteiger partial charge in [0.1, 0.15) is 23.1 Å². The van der Waals surface area contributed by atoms with Crippen molar-refractivity contribution in [2.24, 2.45) is 7.05 Å². The average Bonchev–Trinajstić information content (AvgIpc) is 3.38. The molecule has 0 spiro atoms. The molecule has 42 heavy (non-hydrogen) atoms. The third kappa shape index (κ3) is 5.03. The molecule has 0 bridgehead atoms. The summed E-state index contributed by atoms with van der Waals surface area (Å²) < 4.78 is 5.21. The predicted octanol–water partition coefficient (Wildman–Crippen LogP) is 5.02. The van der Waals surface area contributed by atoms with E-state index in [1.54, 1.807) is 36.2 Å². The fourth-order valence-corrected chi connectivity index (χ4v) is 6.97. The molecule has 0 N–H and O–H groups in total. The molecule has 3 aromatic rings. The molecule has 0 radical (unpaired) electrons. The summed E-state index contributed by atoms with van der Waals surface area (Å²) in [7, 11) is 1.78. The lowest BCUT2D eigenvalue weighted by molar-refractivity contribution is -0.113. The van der Waals surface area contributed by atoms with Gasteiger partial charge < -0.3 is 4.90 Å². The Morgan fingerprint density at radius 1 is 1.05 bits per heavy atom. The van der Waals surface area contributed by atoms with Crippen LogP contribution in [0.1, 0.15) is 61.4 Å². The first-order valence-electron chi connectivity index (χ1n) is 14.3. The number of anilines is 2. The van der Waals surface area contributed by atoms with Crippen LogP contribution in [-0.2, 0) is 18.4 Å². The maximum Gasteiger partial charge on any atom is 0.296 e. The number of nitriles is 1. The Hall–Kier alpha value is -3.88. The number of nitrogens with zero attached hydrogens (tertiary/aromatic N) is 6. The van der Waals surface area contributed by atoms with Crippen molar-refractivity contribution in [3.63, 3.8) is 0 Å². The molecule has 0 aliphatic carbocycles. The number of aromatic nitrogens is 3. The van der Waals surface area contributed by atoms with E-state index in [9.17, 15) is 19.6 Å². The minimum absolute atomic E-state index is 0.0817. The third-order valence-corrected chi connectivity index (χ3v) is 9.36. The van der Waals surface area contributed by atoms with Gasteiger partial charge >= 0.3 is 0 Å². The van der Waals surface area contributed by atoms with E-state index < -0.39 is 5.91 Å². The fraction of sp³-hybridized carbons (Fsp3) is 0.387. The number of carbonyl (C=O) groups is 1. The fourth-order valence-electron chi connectivity index (χ4n) is 5.72. The zero-order valence-electron chi connectivity index (χ0n) is 24.3. The maximum atomic E-state index is 14.0. The number of hydrogen-bond acceptors (Lipinski definition) is 7. The highest BCUT2D eigenvalue weighted by atomic mass is 32.2. The van der Waals surface area contributed by atoms with Crippen LogP contribution in [0.25, 0.3) is 11.8 Å². The number of rotatable bonds is 7. The van der Waals surface area contributed by atoms with Gasteiger partial charge in [-0.15, -0.1) is 0 Å². The highest BCUT2D eigenvalue weighted by Crippen LogP contribution is 2.39. The monoisotopic (exact) mass is 602 g/mol. The lowest BCUT2D eigenvalue weighted by Gasteiger charge is -2.33. The standard InChI is InChI=1S/C31H34N6O3S2/c1-5-6-17-35-27(34-15-11-8-12-16-34)23(20(2)24(19-32)28(35)38)18-25-29(39)36(31(41)42-25)26-21(3)33(4)37(30(26)40)22-13-9-7-10-14-22/h7,9-10,13-14,18H,5-6,8,11-12,15-17H2,1-4H3/b25-18-. The lowest BCUT2D eigenvalue weighted by Crippen LogP contribution is -2.37. The minimum atomic E-state index is -0.398. The second kappa shape index (κ2) is 12.2. The zero-order valence-corrected chi connectivity index (χ0v) is 26.0. The average molecular weight is 603 g/mol. The van der Waals surface area contributed by atoms with E-state index in [4.69, 9.17) is 12.2 Å². The predicted molar refractivity (Wildman–Crippen MR) is 173 cm³/mol. The van der Waals surface area contributed by atoms with Crippen molar-refractivity contribution < 1.29 is 4.79 Å². The normalized spacial score (nSPS) is 16.5. The van der Waals surface area contributed by atoms with Gasteiger partial charge in [0.25, 0.3) is 17.0 Å². The molecule has 1 aromatic carbocycles. The number of benzene rings is 1. The number of para-hydroxylation sites is 1. The molecular formula is C31H34N6O3S2. The Kier molecular flexibility index (Phi) is 8.57. The zero-order chi connectivity index (χ0) is 30.1. The van der Waals surface area contributed by atoms with Gasteiger partial charge in [-0.2, -0.15) is 5.26 Å². The van der Waals surface area contributed by atoms with Crippen molar-refractivity contribution in [3.05, 3.63) is 78.3 Å². The van der Waals surface area contributed by atoms with Gasteiger partial charge in [-0.25, -0.2) is 4.68 Å². The Morgan fingerprint density at radius 2 is 1.74 bits per heavy atom. The largest absolute Gasteiger partial charge is 0.357 e. The van der Waals surface area contributed by atoms with Gasteiger partial charge in [-0.05, 0) is 63.3 Å². The van der Waals surface area contributed by atoms with Crippen LogP contribution in [0, 0.1) is 25.2 Å². The Bertz CT molecular complexity index is 1750. The molecule has 0 saturated carbocycles. The molecular weight excluding hydrogens is 569 g/mol. The third-order valence-electron chi connectivity index (χ3n) is 8.05. The summed E-state index contributed by atoms with van der Waals surface area (Å²) in [5, 5.41) is 9.97. The van der Waals surface area contributed by atoms with Crippen molar-refractivity contribution in [1.82, 2.24) is 13.9 Å². The molecule has 1 amide bonds. The number of hydrogen-bond donors (Lipinski definition) is 0. The lowest BCUT2D eigenvalue weighted by atomic mass is 10.0. The molecule has 0 atom stereocenters. The van der Waals surface area contributed by atoms with Gasteiger partial charge in [-0.1, -0.05) is 55.5 Å². The van der Waals surface area contributed by atoms with Crippen molar-refractivity contribution in [1.29, 1.82) is 5.26 Å². The quantitative estimate of drug-likeness (QED) is 0.277. The number of thiocarbonyl (C=S) groups is 1. The van der Waals surface area contributed by atoms with Gasteiger partial charge in [0.15, 0.2) is 4.32 Å². The smallest absolute Gasteiger partial charge is 0.296 e. The van der Waals surface area contributed by atoms with E-state index in [0.29, 0.717) is 34.0 Å². The molecule has 2 aliphatic rings. The topological polar surface area (TPSA) is 96.3 Å². The van der Waals surface area contributed by atoms with Gasteiger partial charge in [0.05, 0.1) is 16.3 Å². The molecule has 2 aromatic heterocycles. The summed E-state index contributed by atoms with van der Waals surface area (Å²) in [4.78, 5) is 45.1. The first-order chi connectivity index (χ1) is 20.2. The SMILES string of the molecule is CCCCn1c(N2CCCCC2)c(/C=C2\SC(=S)N(c3c(C)n(C)n(-c4ccccc4)c3=O)C2=O)c(C)c(C#N)c1=O. The van der Waals surface area contributed by atoms with Gasteiger partial charge in [-0.3, -0.25) is 28.5 Å². The number of amides is 1. The summed E-state index contributed by atoms with van der Waals surface area (Å²) >= 11 is 6.80. The van der Waals surface area contributed by atoms with Crippen LogP contribution >= 0.6 is 24.0 Å². The molecule has 11 heteroatoms. The minimum Gasteiger partial charge on any atom is -0.357 e. The van der Waals surface area contributed by atoms with Gasteiger partial charge in [0, 0.05) is 32.2 Å². The van der Waals surface area contributed by atoms with Crippen LogP contribution in [-0.4, -0.2) is 37.2 Å². The van der Waals surface area contributed by atoms with Gasteiger partial charge in [0.2, 0.25) is 0 Å². The molecule has 2 aliphatic heterocycles. The number of carbonyl (C=O) groups excluding carboxylic acids is 1. The van der Waals surface area contributed by atoms with E-state index in [1.165, 1.54) is 9.58 Å². The van der Waals surface area contributed by atoms with E-state index in [0.717, 1.165) is 62.8 Å². The molecule has 2 saturated heterocycles. The maximum absolute atomic E-state index is 14.0. The van der Waals surface area contributed by atoms with E-state index in [-0.39, 0.29) is 26.7 Å². The van der Waals surface area contributed by atoms with Crippen molar-refractivity contribution in [2.45, 2.75) is 59.4 Å². The van der Waals surface area contributed by atoms with Crippen LogP contribution in [0.15, 0.2) is 44.8 Å². The van der Waals surface area contributed by atoms with Crippen molar-refractivity contribution >= 4 is 51.8 Å². The second-order valence-electron chi connectivity index (χ2n) is 10.6. The molecule has 2 fully saturated rings. The van der Waals surface area contributed by atoms with E-state index in [1.807, 2.05) is 30.3 Å². The van der Waals surface area contributed by atoms with Crippen LogP contribution in [0.4, 0.5) is 11.5 Å². The summed E-state index contributed by atoms with van der Waals surface area (Å²) in [6.45, 7) is 7.69. The Balaban J connectivity index is 1.66. The van der Waals surface area contributed by atoms with Crippen LogP contribution in [0.3, 0.4) is 0 Å². The van der Waals surface area contributed by atoms with Crippen LogP contribution in [0.2, 0.25) is 0 Å². The molecule has 4 heterocycles. The Morgan fingerprint density at radius 3 is 2.38 bits per heavy atom. The van der Waals surface area contributed by atoms with Crippen LogP contribution < -0.4 is 20.9 Å². The molecule has 218 valence electrons. The van der Waals surface area contributed by atoms with E-state index in [2.05, 4.69) is 17.9 Å². The summed E-state index contributed by atoms with van der Waals surface area (Å²) in [5.74, 6) is 0.349. The highest BCUT2D eigenvalue weighted by molar-refractivity contribution is 8.27. The van der Waals surface area contributed by atoms with Crippen molar-refractivity contribution in [2.75, 3.05) is 22.9 Å². The second-order valence-corrected chi connectivity index (χ2v) is 12.3. The summed E-state index contributed by atoms with van der Waals surface area (Å²) in [6.07, 6.45) is 6.57. The first-order valence-corrected chi connectivity index (χ1v) is 15.5. The summed E-state index contributed by atoms with van der Waals surface area (Å²) in [6, 6.07) is 11.4. The number of piperidine rings is 1. The van der Waals surface area contributed by atoms with Crippen molar-refractivity contribution in [3.8, 4) is 11.8 Å². The molecule has 0 unspecified atom stereocenters. The van der Waals surface area contributed by atoms with Crippen LogP contribution in [0.5, 0.6) is 0 Å². The molecule has 5 rings (SSSR count). The number of thioether (sulfide) groups is 1. The Labute approximate surface area is 254 Å². The number of unbranched alkanes of at least 4 members (excludes halogenated alkanes) is 1. The van der Waals surface area contributed by atoms with E-state index >= 15 is 0 Å².